The van der Waals surface area contributed by atoms with Crippen LogP contribution in [0.2, 0.25) is 0 Å². The zero-order chi connectivity index (χ0) is 17.4. The molecule has 5 nitrogen and oxygen atoms in total. The number of hydrogen-bond donors (Lipinski definition) is 0. The molecule has 2 aliphatic rings. The molecule has 1 aromatic heterocycles. The highest BCUT2D eigenvalue weighted by Gasteiger charge is 2.39. The van der Waals surface area contributed by atoms with Gasteiger partial charge in [0.25, 0.3) is 5.91 Å². The van der Waals surface area contributed by atoms with Crippen molar-refractivity contribution in [1.82, 2.24) is 9.80 Å². The van der Waals surface area contributed by atoms with Gasteiger partial charge < -0.3 is 14.5 Å². The summed E-state index contributed by atoms with van der Waals surface area (Å²) in [5, 5.41) is 1.90. The van der Waals surface area contributed by atoms with E-state index < -0.39 is 0 Å². The van der Waals surface area contributed by atoms with Crippen LogP contribution in [0.3, 0.4) is 0 Å². The van der Waals surface area contributed by atoms with E-state index in [1.165, 1.54) is 22.5 Å². The predicted octanol–water partition coefficient (Wildman–Crippen LogP) is 2.41. The first kappa shape index (κ1) is 16.1. The van der Waals surface area contributed by atoms with Crippen molar-refractivity contribution in [3.05, 3.63) is 51.7 Å². The fraction of sp³-hybridized carbons (Fsp3) is 0.368. The number of fused-ring (bicyclic) bond motifs is 1. The summed E-state index contributed by atoms with van der Waals surface area (Å²) in [6.45, 7) is 2.44. The summed E-state index contributed by atoms with van der Waals surface area (Å²) < 4.78 is 5.27. The Morgan fingerprint density at radius 3 is 2.72 bits per heavy atom. The van der Waals surface area contributed by atoms with Crippen molar-refractivity contribution in [2.75, 3.05) is 26.7 Å². The molecule has 2 aliphatic heterocycles. The lowest BCUT2D eigenvalue weighted by molar-refractivity contribution is -0.140. The third kappa shape index (κ3) is 3.02. The van der Waals surface area contributed by atoms with E-state index in [1.54, 1.807) is 12.0 Å². The van der Waals surface area contributed by atoms with Crippen LogP contribution in [0.15, 0.2) is 35.7 Å². The van der Waals surface area contributed by atoms with Crippen molar-refractivity contribution in [2.45, 2.75) is 13.0 Å². The summed E-state index contributed by atoms with van der Waals surface area (Å²) in [6.07, 6.45) is 0.850. The molecule has 130 valence electrons. The molecule has 0 radical (unpaired) electrons. The van der Waals surface area contributed by atoms with Gasteiger partial charge in [0.2, 0.25) is 5.91 Å². The quantitative estimate of drug-likeness (QED) is 0.849. The monoisotopic (exact) mass is 356 g/mol. The van der Waals surface area contributed by atoms with Gasteiger partial charge in [0, 0.05) is 26.2 Å². The average Bonchev–Trinajstić information content (AvgIpc) is 3.14. The standard InChI is InChI=1S/C19H20N2O3S/c1-24-16-5-4-14-10-20(7-6-13(14)9-16)18(22)15-11-21(12-15)19(23)17-3-2-8-25-17/h2-5,8-9,15H,6-7,10-12H2,1H3. The molecular weight excluding hydrogens is 336 g/mol. The van der Waals surface area contributed by atoms with Crippen molar-refractivity contribution in [3.8, 4) is 5.75 Å². The van der Waals surface area contributed by atoms with Crippen LogP contribution in [-0.4, -0.2) is 48.4 Å². The maximum atomic E-state index is 12.7. The third-order valence-electron chi connectivity index (χ3n) is 4.99. The molecule has 0 unspecified atom stereocenters. The van der Waals surface area contributed by atoms with Gasteiger partial charge in [-0.1, -0.05) is 12.1 Å². The zero-order valence-electron chi connectivity index (χ0n) is 14.1. The summed E-state index contributed by atoms with van der Waals surface area (Å²) >= 11 is 1.44. The number of likely N-dealkylation sites (tertiary alicyclic amines) is 1. The molecule has 2 amide bonds. The van der Waals surface area contributed by atoms with E-state index in [4.69, 9.17) is 4.74 Å². The number of benzene rings is 1. The van der Waals surface area contributed by atoms with E-state index in [0.29, 0.717) is 19.6 Å². The third-order valence-corrected chi connectivity index (χ3v) is 5.85. The van der Waals surface area contributed by atoms with E-state index in [9.17, 15) is 9.59 Å². The molecule has 4 rings (SSSR count). The Balaban J connectivity index is 1.36. The second kappa shape index (κ2) is 6.52. The van der Waals surface area contributed by atoms with Gasteiger partial charge in [-0.15, -0.1) is 11.3 Å². The van der Waals surface area contributed by atoms with E-state index >= 15 is 0 Å². The van der Waals surface area contributed by atoms with Crippen LogP contribution in [0, 0.1) is 5.92 Å². The number of methoxy groups -OCH3 is 1. The highest BCUT2D eigenvalue weighted by Crippen LogP contribution is 2.27. The molecule has 0 spiro atoms. The van der Waals surface area contributed by atoms with Crippen LogP contribution in [-0.2, 0) is 17.8 Å². The second-order valence-electron chi connectivity index (χ2n) is 6.53. The zero-order valence-corrected chi connectivity index (χ0v) is 14.9. The van der Waals surface area contributed by atoms with Crippen LogP contribution >= 0.6 is 11.3 Å². The molecular formula is C19H20N2O3S. The fourth-order valence-electron chi connectivity index (χ4n) is 3.46. The number of carbonyl (C=O) groups is 2. The SMILES string of the molecule is COc1ccc2c(c1)CCN(C(=O)C1CN(C(=O)c3cccs3)C1)C2. The summed E-state index contributed by atoms with van der Waals surface area (Å²) in [6, 6.07) is 9.75. The normalized spacial score (nSPS) is 17.0. The van der Waals surface area contributed by atoms with E-state index in [-0.39, 0.29) is 17.7 Å². The van der Waals surface area contributed by atoms with Crippen LogP contribution in [0.4, 0.5) is 0 Å². The fourth-order valence-corrected chi connectivity index (χ4v) is 4.15. The Morgan fingerprint density at radius 1 is 1.16 bits per heavy atom. The van der Waals surface area contributed by atoms with Crippen LogP contribution < -0.4 is 4.74 Å². The Hall–Kier alpha value is -2.34. The molecule has 1 saturated heterocycles. The predicted molar refractivity (Wildman–Crippen MR) is 95.8 cm³/mol. The van der Waals surface area contributed by atoms with Crippen molar-refractivity contribution in [2.24, 2.45) is 5.92 Å². The first-order chi connectivity index (χ1) is 12.2. The second-order valence-corrected chi connectivity index (χ2v) is 7.48. The van der Waals surface area contributed by atoms with E-state index in [0.717, 1.165) is 23.6 Å². The van der Waals surface area contributed by atoms with Gasteiger partial charge in [0.05, 0.1) is 17.9 Å². The van der Waals surface area contributed by atoms with Gasteiger partial charge >= 0.3 is 0 Å². The Labute approximate surface area is 150 Å². The molecule has 0 bridgehead atoms. The molecule has 6 heteroatoms. The highest BCUT2D eigenvalue weighted by molar-refractivity contribution is 7.12. The number of nitrogens with zero attached hydrogens (tertiary/aromatic N) is 2. The lowest BCUT2D eigenvalue weighted by Gasteiger charge is -2.41. The molecule has 0 N–H and O–H groups in total. The number of carbonyl (C=O) groups excluding carboxylic acids is 2. The molecule has 1 aromatic carbocycles. The van der Waals surface area contributed by atoms with Gasteiger partial charge in [-0.2, -0.15) is 0 Å². The Morgan fingerprint density at radius 2 is 2.00 bits per heavy atom. The van der Waals surface area contributed by atoms with Gasteiger partial charge in [0.1, 0.15) is 5.75 Å². The van der Waals surface area contributed by atoms with Crippen LogP contribution in [0.5, 0.6) is 5.75 Å². The van der Waals surface area contributed by atoms with E-state index in [1.807, 2.05) is 34.5 Å². The Kier molecular flexibility index (Phi) is 4.21. The number of amides is 2. The number of rotatable bonds is 3. The smallest absolute Gasteiger partial charge is 0.263 e. The van der Waals surface area contributed by atoms with E-state index in [2.05, 4.69) is 6.07 Å². The molecule has 3 heterocycles. The van der Waals surface area contributed by atoms with Crippen molar-refractivity contribution >= 4 is 23.2 Å². The number of hydrogen-bond acceptors (Lipinski definition) is 4. The lowest BCUT2D eigenvalue weighted by Crippen LogP contribution is -2.56. The lowest BCUT2D eigenvalue weighted by atomic mass is 9.94. The summed E-state index contributed by atoms with van der Waals surface area (Å²) in [5.41, 5.74) is 2.44. The molecule has 25 heavy (non-hydrogen) atoms. The highest BCUT2D eigenvalue weighted by atomic mass is 32.1. The first-order valence-electron chi connectivity index (χ1n) is 8.43. The van der Waals surface area contributed by atoms with Gasteiger partial charge in [0.15, 0.2) is 0 Å². The molecule has 0 aliphatic carbocycles. The van der Waals surface area contributed by atoms with Gasteiger partial charge in [-0.3, -0.25) is 9.59 Å². The summed E-state index contributed by atoms with van der Waals surface area (Å²) in [5.74, 6) is 0.996. The molecule has 2 aromatic rings. The molecule has 0 saturated carbocycles. The van der Waals surface area contributed by atoms with Crippen molar-refractivity contribution in [3.63, 3.8) is 0 Å². The van der Waals surface area contributed by atoms with Crippen LogP contribution in [0.1, 0.15) is 20.8 Å². The van der Waals surface area contributed by atoms with Crippen molar-refractivity contribution in [1.29, 1.82) is 0 Å². The maximum Gasteiger partial charge on any atom is 0.263 e. The largest absolute Gasteiger partial charge is 0.497 e. The van der Waals surface area contributed by atoms with Crippen LogP contribution in [0.25, 0.3) is 0 Å². The number of thiophene rings is 1. The maximum absolute atomic E-state index is 12.7. The van der Waals surface area contributed by atoms with Gasteiger partial charge in [-0.25, -0.2) is 0 Å². The summed E-state index contributed by atoms with van der Waals surface area (Å²) in [7, 11) is 1.67. The minimum Gasteiger partial charge on any atom is -0.497 e. The average molecular weight is 356 g/mol. The molecule has 1 fully saturated rings. The van der Waals surface area contributed by atoms with Gasteiger partial charge in [-0.05, 0) is 41.1 Å². The minimum atomic E-state index is -0.0660. The van der Waals surface area contributed by atoms with Crippen molar-refractivity contribution < 1.29 is 14.3 Å². The first-order valence-corrected chi connectivity index (χ1v) is 9.31. The topological polar surface area (TPSA) is 49.9 Å². The molecule has 0 atom stereocenters. The Bertz CT molecular complexity index is 797. The minimum absolute atomic E-state index is 0.0372. The number of ether oxygens (including phenoxy) is 1. The summed E-state index contributed by atoms with van der Waals surface area (Å²) in [4.78, 5) is 29.4.